The molecule has 1 fully saturated rings. The maximum atomic E-state index is 12.9. The number of alkyl halides is 4. The Hall–Kier alpha value is -4.71. The van der Waals surface area contributed by atoms with Crippen molar-refractivity contribution in [2.45, 2.75) is 51.0 Å². The summed E-state index contributed by atoms with van der Waals surface area (Å²) in [5.41, 5.74) is 5.59. The number of nitrogens with zero attached hydrogens (tertiary/aromatic N) is 1. The number of rotatable bonds is 11. The Bertz CT molecular complexity index is 1460. The lowest BCUT2D eigenvalue weighted by Gasteiger charge is -2.21. The summed E-state index contributed by atoms with van der Waals surface area (Å²) in [5.74, 6) is -0.811. The highest BCUT2D eigenvalue weighted by molar-refractivity contribution is 5.97. The number of benzene rings is 2. The van der Waals surface area contributed by atoms with Crippen molar-refractivity contribution in [3.05, 3.63) is 101 Å². The lowest BCUT2D eigenvalue weighted by atomic mass is 9.95. The van der Waals surface area contributed by atoms with Crippen LogP contribution in [0.3, 0.4) is 0 Å². The Kier molecular flexibility index (Phi) is 14.7. The minimum Gasteiger partial charge on any atom is -0.496 e. The van der Waals surface area contributed by atoms with Crippen molar-refractivity contribution in [2.75, 3.05) is 20.8 Å². The van der Waals surface area contributed by atoms with Gasteiger partial charge in [-0.3, -0.25) is 25.4 Å². The monoisotopic (exact) mass is 642 g/mol. The summed E-state index contributed by atoms with van der Waals surface area (Å²) in [6.07, 6.45) is 10.4. The van der Waals surface area contributed by atoms with E-state index in [2.05, 4.69) is 21.2 Å². The maximum Gasteiger partial charge on any atom is 0.269 e. The van der Waals surface area contributed by atoms with Crippen molar-refractivity contribution in [3.63, 3.8) is 0 Å². The number of carbonyl (C=O) groups excluding carboxylic acids is 2. The van der Waals surface area contributed by atoms with Crippen molar-refractivity contribution in [3.8, 4) is 11.5 Å². The second-order valence-corrected chi connectivity index (χ2v) is 10.3. The van der Waals surface area contributed by atoms with Crippen LogP contribution in [-0.2, 0) is 4.79 Å². The summed E-state index contributed by atoms with van der Waals surface area (Å²) in [6, 6.07) is 12.6. The summed E-state index contributed by atoms with van der Waals surface area (Å²) >= 11 is 0. The van der Waals surface area contributed by atoms with Gasteiger partial charge < -0.3 is 14.8 Å². The summed E-state index contributed by atoms with van der Waals surface area (Å²) in [6.45, 7) is 0.778. The van der Waals surface area contributed by atoms with E-state index in [0.29, 0.717) is 17.2 Å². The average Bonchev–Trinajstić information content (AvgIpc) is 3.09. The van der Waals surface area contributed by atoms with Crippen LogP contribution >= 0.6 is 0 Å². The first kappa shape index (κ1) is 35.8. The van der Waals surface area contributed by atoms with Gasteiger partial charge in [0.25, 0.3) is 24.7 Å². The standard InChI is InChI=1S/C17H15F2N3O3.C17H23F2NO/c1-25-14-4-2-11(10-13(14)16(18)19)3-5-15(23)21-22-17(24)12-6-8-20-9-7-12;1-21-16-10-9-13(12-15(16)17(18)19)6-5-11-20-14-7-3-2-4-8-14/h2-10,16H,1H3,(H,21,23)(H,22,24);5-6,9-10,12,14,17,20H,2-4,7-8,11H2,1H3. The molecule has 0 bridgehead atoms. The van der Waals surface area contributed by atoms with Gasteiger partial charge >= 0.3 is 0 Å². The minimum absolute atomic E-state index is 0.0557. The molecule has 2 amide bonds. The lowest BCUT2D eigenvalue weighted by molar-refractivity contribution is -0.117. The molecule has 1 heterocycles. The fourth-order valence-corrected chi connectivity index (χ4v) is 4.70. The van der Waals surface area contributed by atoms with Crippen molar-refractivity contribution in [1.82, 2.24) is 21.2 Å². The van der Waals surface area contributed by atoms with Gasteiger partial charge in [0.05, 0.1) is 25.3 Å². The van der Waals surface area contributed by atoms with Gasteiger partial charge in [-0.15, -0.1) is 0 Å². The van der Waals surface area contributed by atoms with Gasteiger partial charge in [0, 0.05) is 36.6 Å². The van der Waals surface area contributed by atoms with E-state index in [1.807, 2.05) is 12.2 Å². The van der Waals surface area contributed by atoms with Crippen LogP contribution in [0.15, 0.2) is 73.1 Å². The molecule has 0 unspecified atom stereocenters. The van der Waals surface area contributed by atoms with E-state index < -0.39 is 24.7 Å². The molecule has 1 aromatic heterocycles. The number of hydrogen-bond acceptors (Lipinski definition) is 6. The van der Waals surface area contributed by atoms with Crippen molar-refractivity contribution < 1.29 is 36.6 Å². The number of hydrazine groups is 1. The van der Waals surface area contributed by atoms with E-state index in [0.717, 1.165) is 18.2 Å². The van der Waals surface area contributed by atoms with Crippen molar-refractivity contribution in [2.24, 2.45) is 0 Å². The SMILES string of the molecule is COc1ccc(C=CC(=O)NNC(=O)c2ccncc2)cc1C(F)F.COc1ccc(C=CCNC2CCCCC2)cc1C(F)F. The van der Waals surface area contributed by atoms with Gasteiger partial charge in [0.2, 0.25) is 0 Å². The van der Waals surface area contributed by atoms with Crippen LogP contribution in [0.25, 0.3) is 12.2 Å². The fraction of sp³-hybridized carbons (Fsp3) is 0.324. The first-order valence-electron chi connectivity index (χ1n) is 14.7. The van der Waals surface area contributed by atoms with Crippen molar-refractivity contribution >= 4 is 24.0 Å². The van der Waals surface area contributed by atoms with Crippen LogP contribution in [0.5, 0.6) is 11.5 Å². The van der Waals surface area contributed by atoms with E-state index in [1.165, 1.54) is 101 Å². The summed E-state index contributed by atoms with van der Waals surface area (Å²) in [4.78, 5) is 27.2. The van der Waals surface area contributed by atoms with E-state index in [-0.39, 0.29) is 22.6 Å². The molecule has 1 saturated carbocycles. The van der Waals surface area contributed by atoms with Crippen LogP contribution in [0.2, 0.25) is 0 Å². The maximum absolute atomic E-state index is 12.9. The Balaban J connectivity index is 0.000000254. The Morgan fingerprint density at radius 3 is 1.93 bits per heavy atom. The number of ether oxygens (including phenoxy) is 2. The quantitative estimate of drug-likeness (QED) is 0.118. The molecular weight excluding hydrogens is 604 g/mol. The third-order valence-electron chi connectivity index (χ3n) is 7.09. The molecule has 46 heavy (non-hydrogen) atoms. The van der Waals surface area contributed by atoms with Crippen LogP contribution in [0.1, 0.15) is 77.6 Å². The highest BCUT2D eigenvalue weighted by Crippen LogP contribution is 2.31. The number of methoxy groups -OCH3 is 2. The zero-order valence-corrected chi connectivity index (χ0v) is 25.6. The molecule has 4 rings (SSSR count). The zero-order valence-electron chi connectivity index (χ0n) is 25.6. The number of halogens is 4. The second-order valence-electron chi connectivity index (χ2n) is 10.3. The number of aromatic nitrogens is 1. The summed E-state index contributed by atoms with van der Waals surface area (Å²) < 4.78 is 61.5. The number of nitrogens with one attached hydrogen (secondary N) is 3. The van der Waals surface area contributed by atoms with Gasteiger partial charge in [0.15, 0.2) is 0 Å². The molecule has 8 nitrogen and oxygen atoms in total. The molecule has 0 aliphatic heterocycles. The lowest BCUT2D eigenvalue weighted by Crippen LogP contribution is -2.40. The highest BCUT2D eigenvalue weighted by atomic mass is 19.3. The predicted octanol–water partition coefficient (Wildman–Crippen LogP) is 7.07. The van der Waals surface area contributed by atoms with E-state index in [1.54, 1.807) is 12.1 Å². The second kappa shape index (κ2) is 18.9. The molecule has 0 saturated heterocycles. The third-order valence-corrected chi connectivity index (χ3v) is 7.09. The van der Waals surface area contributed by atoms with Gasteiger partial charge in [-0.1, -0.05) is 43.5 Å². The molecular formula is C34H38F4N4O4. The average molecular weight is 643 g/mol. The van der Waals surface area contributed by atoms with E-state index in [9.17, 15) is 27.2 Å². The van der Waals surface area contributed by atoms with Gasteiger partial charge in [-0.2, -0.15) is 0 Å². The van der Waals surface area contributed by atoms with E-state index in [4.69, 9.17) is 9.47 Å². The van der Waals surface area contributed by atoms with Crippen LogP contribution < -0.4 is 25.6 Å². The molecule has 1 aliphatic carbocycles. The Morgan fingerprint density at radius 1 is 0.826 bits per heavy atom. The summed E-state index contributed by atoms with van der Waals surface area (Å²) in [7, 11) is 2.71. The Labute approximate surface area is 265 Å². The minimum atomic E-state index is -2.70. The molecule has 0 spiro atoms. The van der Waals surface area contributed by atoms with Gasteiger partial charge in [-0.05, 0) is 66.4 Å². The van der Waals surface area contributed by atoms with Crippen LogP contribution in [0.4, 0.5) is 17.6 Å². The molecule has 3 N–H and O–H groups in total. The van der Waals surface area contributed by atoms with E-state index >= 15 is 0 Å². The molecule has 0 radical (unpaired) electrons. The molecule has 0 atom stereocenters. The Morgan fingerprint density at radius 2 is 1.39 bits per heavy atom. The van der Waals surface area contributed by atoms with Gasteiger partial charge in [-0.25, -0.2) is 17.6 Å². The van der Waals surface area contributed by atoms with Crippen molar-refractivity contribution in [1.29, 1.82) is 0 Å². The first-order valence-corrected chi connectivity index (χ1v) is 14.7. The molecule has 1 aliphatic rings. The highest BCUT2D eigenvalue weighted by Gasteiger charge is 2.15. The number of amides is 2. The number of carbonyl (C=O) groups is 2. The molecule has 2 aromatic carbocycles. The molecule has 12 heteroatoms. The topological polar surface area (TPSA) is 102 Å². The predicted molar refractivity (Wildman–Crippen MR) is 169 cm³/mol. The normalized spacial score (nSPS) is 13.5. The molecule has 246 valence electrons. The summed E-state index contributed by atoms with van der Waals surface area (Å²) in [5, 5.41) is 3.49. The first-order chi connectivity index (χ1) is 22.2. The molecule has 3 aromatic rings. The number of pyridine rings is 1. The van der Waals surface area contributed by atoms with Gasteiger partial charge in [0.1, 0.15) is 11.5 Å². The number of hydrogen-bond donors (Lipinski definition) is 3. The zero-order chi connectivity index (χ0) is 33.3. The fourth-order valence-electron chi connectivity index (χ4n) is 4.70. The van der Waals surface area contributed by atoms with Crippen LogP contribution in [-0.4, -0.2) is 43.6 Å². The smallest absolute Gasteiger partial charge is 0.269 e. The third kappa shape index (κ3) is 11.7. The largest absolute Gasteiger partial charge is 0.496 e. The van der Waals surface area contributed by atoms with Crippen LogP contribution in [0, 0.1) is 0 Å².